The third kappa shape index (κ3) is 7.10. The molecule has 3 rings (SSSR count). The van der Waals surface area contributed by atoms with Gasteiger partial charge in [0.2, 0.25) is 11.8 Å². The number of carbonyl (C=O) groups is 2. The van der Waals surface area contributed by atoms with Gasteiger partial charge in [-0.15, -0.1) is 0 Å². The van der Waals surface area contributed by atoms with Crippen molar-refractivity contribution in [2.75, 3.05) is 24.5 Å². The van der Waals surface area contributed by atoms with Crippen molar-refractivity contribution in [1.29, 1.82) is 0 Å². The van der Waals surface area contributed by atoms with Crippen molar-refractivity contribution in [2.45, 2.75) is 44.7 Å². The fraction of sp³-hybridized carbons (Fsp3) is 0.310. The van der Waals surface area contributed by atoms with Gasteiger partial charge in [-0.05, 0) is 61.7 Å². The Morgan fingerprint density at radius 1 is 1.00 bits per heavy atom. The molecular formula is C29H34ClN3O5S. The predicted octanol–water partition coefficient (Wildman–Crippen LogP) is 4.80. The lowest BCUT2D eigenvalue weighted by Crippen LogP contribution is -2.52. The van der Waals surface area contributed by atoms with Crippen molar-refractivity contribution in [3.05, 3.63) is 88.9 Å². The van der Waals surface area contributed by atoms with E-state index in [0.717, 1.165) is 9.87 Å². The second-order valence-electron chi connectivity index (χ2n) is 8.93. The van der Waals surface area contributed by atoms with Gasteiger partial charge in [-0.2, -0.15) is 0 Å². The van der Waals surface area contributed by atoms with Gasteiger partial charge in [0.1, 0.15) is 18.3 Å². The highest BCUT2D eigenvalue weighted by Gasteiger charge is 2.34. The molecule has 0 unspecified atom stereocenters. The average molecular weight is 572 g/mol. The lowest BCUT2D eigenvalue weighted by Gasteiger charge is -2.33. The molecule has 0 bridgehead atoms. The van der Waals surface area contributed by atoms with E-state index in [-0.39, 0.29) is 23.0 Å². The van der Waals surface area contributed by atoms with Crippen LogP contribution in [0.3, 0.4) is 0 Å². The van der Waals surface area contributed by atoms with Crippen LogP contribution in [0.15, 0.2) is 77.7 Å². The Morgan fingerprint density at radius 3 is 2.28 bits per heavy atom. The Kier molecular flexibility index (Phi) is 10.4. The van der Waals surface area contributed by atoms with Gasteiger partial charge in [0.25, 0.3) is 10.0 Å². The number of nitrogens with one attached hydrogen (secondary N) is 1. The summed E-state index contributed by atoms with van der Waals surface area (Å²) in [6.07, 6.45) is 0.321. The number of benzene rings is 3. The zero-order valence-corrected chi connectivity index (χ0v) is 24.1. The summed E-state index contributed by atoms with van der Waals surface area (Å²) in [6, 6.07) is 19.2. The summed E-state index contributed by atoms with van der Waals surface area (Å²) in [7, 11) is -2.76. The van der Waals surface area contributed by atoms with Crippen LogP contribution < -0.4 is 14.4 Å². The van der Waals surface area contributed by atoms with Crippen LogP contribution in [0, 0.1) is 6.92 Å². The van der Waals surface area contributed by atoms with Crippen LogP contribution in [0.5, 0.6) is 5.75 Å². The van der Waals surface area contributed by atoms with Crippen molar-refractivity contribution in [1.82, 2.24) is 10.2 Å². The number of sulfonamides is 1. The number of anilines is 1. The second kappa shape index (κ2) is 13.5. The van der Waals surface area contributed by atoms with Crippen LogP contribution in [-0.4, -0.2) is 51.4 Å². The van der Waals surface area contributed by atoms with Crippen LogP contribution in [0.4, 0.5) is 5.69 Å². The van der Waals surface area contributed by atoms with Crippen molar-refractivity contribution in [3.63, 3.8) is 0 Å². The van der Waals surface area contributed by atoms with Crippen molar-refractivity contribution < 1.29 is 22.7 Å². The summed E-state index contributed by atoms with van der Waals surface area (Å²) in [4.78, 5) is 28.5. The van der Waals surface area contributed by atoms with E-state index in [9.17, 15) is 18.0 Å². The molecule has 1 atom stereocenters. The summed E-state index contributed by atoms with van der Waals surface area (Å²) in [5, 5.41) is 3.22. The molecule has 8 nitrogen and oxygen atoms in total. The van der Waals surface area contributed by atoms with E-state index in [0.29, 0.717) is 29.3 Å². The zero-order valence-electron chi connectivity index (χ0n) is 22.6. The Morgan fingerprint density at radius 2 is 1.67 bits per heavy atom. The van der Waals surface area contributed by atoms with Crippen LogP contribution in [0.25, 0.3) is 0 Å². The van der Waals surface area contributed by atoms with E-state index in [4.69, 9.17) is 16.3 Å². The number of carbonyl (C=O) groups excluding carboxylic acids is 2. The van der Waals surface area contributed by atoms with E-state index >= 15 is 0 Å². The number of hydrogen-bond acceptors (Lipinski definition) is 5. The maximum atomic E-state index is 14.1. The van der Waals surface area contributed by atoms with Gasteiger partial charge in [-0.3, -0.25) is 13.9 Å². The third-order valence-corrected chi connectivity index (χ3v) is 8.39. The molecule has 208 valence electrons. The molecule has 2 amide bonds. The molecule has 0 aliphatic rings. The Labute approximate surface area is 235 Å². The summed E-state index contributed by atoms with van der Waals surface area (Å²) in [5.74, 6) is -0.594. The fourth-order valence-corrected chi connectivity index (χ4v) is 5.88. The van der Waals surface area contributed by atoms with Gasteiger partial charge < -0.3 is 15.0 Å². The Bertz CT molecular complexity index is 1400. The molecule has 0 aliphatic heterocycles. The van der Waals surface area contributed by atoms with Gasteiger partial charge in [-0.1, -0.05) is 61.0 Å². The minimum absolute atomic E-state index is 0.0229. The maximum absolute atomic E-state index is 14.1. The number of methoxy groups -OCH3 is 1. The smallest absolute Gasteiger partial charge is 0.264 e. The molecule has 3 aromatic carbocycles. The van der Waals surface area contributed by atoms with Crippen molar-refractivity contribution in [2.24, 2.45) is 0 Å². The highest BCUT2D eigenvalue weighted by molar-refractivity contribution is 7.92. The monoisotopic (exact) mass is 571 g/mol. The highest BCUT2D eigenvalue weighted by Crippen LogP contribution is 2.34. The van der Waals surface area contributed by atoms with Crippen LogP contribution in [0.2, 0.25) is 5.02 Å². The van der Waals surface area contributed by atoms with Crippen LogP contribution >= 0.6 is 11.6 Å². The zero-order chi connectivity index (χ0) is 28.6. The van der Waals surface area contributed by atoms with Crippen molar-refractivity contribution in [3.8, 4) is 5.75 Å². The van der Waals surface area contributed by atoms with Gasteiger partial charge in [0.05, 0.1) is 17.7 Å². The first-order chi connectivity index (χ1) is 18.6. The molecule has 3 aromatic rings. The summed E-state index contributed by atoms with van der Waals surface area (Å²) >= 11 is 6.41. The van der Waals surface area contributed by atoms with E-state index in [1.54, 1.807) is 74.5 Å². The molecule has 0 aromatic heterocycles. The number of rotatable bonds is 12. The number of ether oxygens (including phenoxy) is 1. The van der Waals surface area contributed by atoms with Crippen LogP contribution in [0.1, 0.15) is 31.4 Å². The number of hydrogen-bond donors (Lipinski definition) is 1. The van der Waals surface area contributed by atoms with E-state index in [2.05, 4.69) is 5.32 Å². The molecule has 0 spiro atoms. The van der Waals surface area contributed by atoms with E-state index in [1.165, 1.54) is 24.1 Å². The quantitative estimate of drug-likeness (QED) is 0.337. The molecule has 1 N–H and O–H groups in total. The number of nitrogens with zero attached hydrogens (tertiary/aromatic N) is 2. The molecule has 39 heavy (non-hydrogen) atoms. The maximum Gasteiger partial charge on any atom is 0.264 e. The molecule has 0 radical (unpaired) electrons. The SMILES string of the molecule is CCNC(=O)[C@H](CC)N(Cc1ccccc1Cl)C(=O)CN(c1cc(C)ccc1OC)S(=O)(=O)c1ccccc1. The molecule has 0 heterocycles. The van der Waals surface area contributed by atoms with Gasteiger partial charge in [0.15, 0.2) is 0 Å². The molecule has 0 aliphatic carbocycles. The highest BCUT2D eigenvalue weighted by atomic mass is 35.5. The Balaban J connectivity index is 2.13. The third-order valence-electron chi connectivity index (χ3n) is 6.25. The topological polar surface area (TPSA) is 96.0 Å². The minimum Gasteiger partial charge on any atom is -0.495 e. The number of halogens is 1. The number of amides is 2. The summed E-state index contributed by atoms with van der Waals surface area (Å²) in [6.45, 7) is 5.27. The normalized spacial score (nSPS) is 11.9. The predicted molar refractivity (Wildman–Crippen MR) is 153 cm³/mol. The lowest BCUT2D eigenvalue weighted by molar-refractivity contribution is -0.140. The van der Waals surface area contributed by atoms with Gasteiger partial charge >= 0.3 is 0 Å². The molecule has 0 saturated heterocycles. The molecule has 0 saturated carbocycles. The second-order valence-corrected chi connectivity index (χ2v) is 11.2. The van der Waals surface area contributed by atoms with E-state index < -0.39 is 28.5 Å². The molecular weight excluding hydrogens is 538 g/mol. The first-order valence-corrected chi connectivity index (χ1v) is 14.5. The average Bonchev–Trinajstić information content (AvgIpc) is 2.93. The number of likely N-dealkylation sites (N-methyl/N-ethyl adjacent to an activating group) is 1. The first-order valence-electron chi connectivity index (χ1n) is 12.7. The summed E-state index contributed by atoms with van der Waals surface area (Å²) < 4.78 is 34.4. The van der Waals surface area contributed by atoms with Crippen LogP contribution in [-0.2, 0) is 26.2 Å². The largest absolute Gasteiger partial charge is 0.495 e. The lowest BCUT2D eigenvalue weighted by atomic mass is 10.1. The molecule has 10 heteroatoms. The molecule has 0 fully saturated rings. The number of aryl methyl sites for hydroxylation is 1. The summed E-state index contributed by atoms with van der Waals surface area (Å²) in [5.41, 5.74) is 1.65. The first kappa shape index (κ1) is 30.0. The minimum atomic E-state index is -4.20. The standard InChI is InChI=1S/C29H34ClN3O5S/c1-5-25(29(35)31-6-2)32(19-22-12-10-11-15-24(22)30)28(34)20-33(26-18-21(3)16-17-27(26)38-4)39(36,37)23-13-8-7-9-14-23/h7-18,25H,5-6,19-20H2,1-4H3,(H,31,35)/t25-/m0/s1. The fourth-order valence-electron chi connectivity index (χ4n) is 4.25. The van der Waals surface area contributed by atoms with Gasteiger partial charge in [-0.25, -0.2) is 8.42 Å². The Hall–Kier alpha value is -3.56. The van der Waals surface area contributed by atoms with Crippen molar-refractivity contribution >= 4 is 39.1 Å². The van der Waals surface area contributed by atoms with E-state index in [1.807, 2.05) is 6.92 Å². The van der Waals surface area contributed by atoms with Gasteiger partial charge in [0, 0.05) is 18.1 Å².